The molecule has 0 amide bonds. The summed E-state index contributed by atoms with van der Waals surface area (Å²) in [6, 6.07) is 3.08. The van der Waals surface area contributed by atoms with Gasteiger partial charge in [-0.1, -0.05) is 6.92 Å². The van der Waals surface area contributed by atoms with Gasteiger partial charge in [-0.05, 0) is 32.3 Å². The van der Waals surface area contributed by atoms with Crippen LogP contribution in [0.25, 0.3) is 0 Å². The minimum Gasteiger partial charge on any atom is -0.478 e. The van der Waals surface area contributed by atoms with Crippen molar-refractivity contribution in [1.29, 1.82) is 0 Å². The standard InChI is InChI=1S/C14H18N2O4/c1-3-6-15(11-4-5-11)12-7-10(14(17)18)8-13(9(12)2)16(19)20/h7-8,11H,3-6H2,1-2H3,(H,17,18). The molecular weight excluding hydrogens is 260 g/mol. The predicted octanol–water partition coefficient (Wildman–Crippen LogP) is 2.98. The minimum atomic E-state index is -1.14. The first-order chi connectivity index (χ1) is 9.45. The number of carbonyl (C=O) groups is 1. The molecule has 0 heterocycles. The average molecular weight is 278 g/mol. The molecule has 108 valence electrons. The summed E-state index contributed by atoms with van der Waals surface area (Å²) in [5.74, 6) is -1.14. The number of benzene rings is 1. The van der Waals surface area contributed by atoms with Gasteiger partial charge in [0.25, 0.3) is 5.69 Å². The van der Waals surface area contributed by atoms with Gasteiger partial charge >= 0.3 is 5.97 Å². The molecule has 0 bridgehead atoms. The maximum absolute atomic E-state index is 11.2. The minimum absolute atomic E-state index is 0.0287. The molecule has 2 rings (SSSR count). The monoisotopic (exact) mass is 278 g/mol. The fourth-order valence-electron chi connectivity index (χ4n) is 2.42. The largest absolute Gasteiger partial charge is 0.478 e. The van der Waals surface area contributed by atoms with Crippen molar-refractivity contribution in [2.24, 2.45) is 0 Å². The predicted molar refractivity (Wildman–Crippen MR) is 75.5 cm³/mol. The van der Waals surface area contributed by atoms with E-state index in [0.29, 0.717) is 17.3 Å². The molecule has 1 fully saturated rings. The van der Waals surface area contributed by atoms with Crippen molar-refractivity contribution in [2.45, 2.75) is 39.2 Å². The molecule has 6 nitrogen and oxygen atoms in total. The van der Waals surface area contributed by atoms with Crippen molar-refractivity contribution in [3.05, 3.63) is 33.4 Å². The van der Waals surface area contributed by atoms with Crippen LogP contribution >= 0.6 is 0 Å². The van der Waals surface area contributed by atoms with E-state index in [4.69, 9.17) is 5.11 Å². The third-order valence-corrected chi connectivity index (χ3v) is 3.56. The Morgan fingerprint density at radius 3 is 2.60 bits per heavy atom. The van der Waals surface area contributed by atoms with Gasteiger partial charge < -0.3 is 10.0 Å². The maximum atomic E-state index is 11.2. The number of carboxylic acids is 1. The molecule has 6 heteroatoms. The van der Waals surface area contributed by atoms with E-state index in [0.717, 1.165) is 31.9 Å². The summed E-state index contributed by atoms with van der Waals surface area (Å²) in [5, 5.41) is 20.2. The Balaban J connectivity index is 2.54. The Bertz CT molecular complexity index is 552. The molecule has 0 aliphatic heterocycles. The van der Waals surface area contributed by atoms with E-state index < -0.39 is 10.9 Å². The SMILES string of the molecule is CCCN(c1cc(C(=O)O)cc([N+](=O)[O-])c1C)C1CC1. The Hall–Kier alpha value is -2.11. The molecule has 20 heavy (non-hydrogen) atoms. The van der Waals surface area contributed by atoms with Gasteiger partial charge in [0.1, 0.15) is 0 Å². The van der Waals surface area contributed by atoms with Gasteiger partial charge in [-0.25, -0.2) is 4.79 Å². The summed E-state index contributed by atoms with van der Waals surface area (Å²) in [4.78, 5) is 23.9. The molecule has 0 unspecified atom stereocenters. The smallest absolute Gasteiger partial charge is 0.336 e. The molecule has 0 saturated heterocycles. The summed E-state index contributed by atoms with van der Waals surface area (Å²) in [6.07, 6.45) is 3.04. The molecule has 1 N–H and O–H groups in total. The van der Waals surface area contributed by atoms with Gasteiger partial charge in [0, 0.05) is 24.3 Å². The number of aromatic carboxylic acids is 1. The van der Waals surface area contributed by atoms with Gasteiger partial charge in [0.05, 0.1) is 16.1 Å². The lowest BCUT2D eigenvalue weighted by molar-refractivity contribution is -0.385. The van der Waals surface area contributed by atoms with Gasteiger partial charge in [-0.2, -0.15) is 0 Å². The Morgan fingerprint density at radius 2 is 2.15 bits per heavy atom. The fourth-order valence-corrected chi connectivity index (χ4v) is 2.42. The quantitative estimate of drug-likeness (QED) is 0.638. The van der Waals surface area contributed by atoms with Crippen LogP contribution in [0, 0.1) is 17.0 Å². The van der Waals surface area contributed by atoms with Crippen LogP contribution in [0.3, 0.4) is 0 Å². The van der Waals surface area contributed by atoms with Crippen LogP contribution in [0.2, 0.25) is 0 Å². The summed E-state index contributed by atoms with van der Waals surface area (Å²) < 4.78 is 0. The van der Waals surface area contributed by atoms with Crippen molar-refractivity contribution in [2.75, 3.05) is 11.4 Å². The van der Waals surface area contributed by atoms with Crippen molar-refractivity contribution < 1.29 is 14.8 Å². The van der Waals surface area contributed by atoms with Gasteiger partial charge in [0.15, 0.2) is 0 Å². The number of nitro benzene ring substituents is 1. The van der Waals surface area contributed by atoms with E-state index in [1.54, 1.807) is 13.0 Å². The van der Waals surface area contributed by atoms with E-state index in [1.807, 2.05) is 6.92 Å². The fraction of sp³-hybridized carbons (Fsp3) is 0.500. The van der Waals surface area contributed by atoms with E-state index in [1.165, 1.54) is 0 Å². The van der Waals surface area contributed by atoms with E-state index in [-0.39, 0.29) is 11.3 Å². The average Bonchev–Trinajstić information content (AvgIpc) is 3.20. The Labute approximate surface area is 117 Å². The first-order valence-corrected chi connectivity index (χ1v) is 6.74. The number of hydrogen-bond donors (Lipinski definition) is 1. The van der Waals surface area contributed by atoms with Crippen LogP contribution in [0.1, 0.15) is 42.1 Å². The molecule has 0 atom stereocenters. The van der Waals surface area contributed by atoms with Crippen LogP contribution in [0.4, 0.5) is 11.4 Å². The molecule has 1 aromatic carbocycles. The highest BCUT2D eigenvalue weighted by atomic mass is 16.6. The highest BCUT2D eigenvalue weighted by Crippen LogP contribution is 2.37. The summed E-state index contributed by atoms with van der Waals surface area (Å²) in [6.45, 7) is 4.51. The lowest BCUT2D eigenvalue weighted by Gasteiger charge is -2.26. The highest BCUT2D eigenvalue weighted by molar-refractivity contribution is 5.90. The molecule has 0 aromatic heterocycles. The van der Waals surface area contributed by atoms with Crippen LogP contribution in [-0.4, -0.2) is 28.6 Å². The Morgan fingerprint density at radius 1 is 1.50 bits per heavy atom. The maximum Gasteiger partial charge on any atom is 0.336 e. The number of carboxylic acid groups (broad SMARTS) is 1. The molecule has 1 aromatic rings. The number of anilines is 1. The summed E-state index contributed by atoms with van der Waals surface area (Å²) in [5.41, 5.74) is 1.07. The molecule has 1 aliphatic carbocycles. The molecule has 1 aliphatic rings. The van der Waals surface area contributed by atoms with Crippen molar-refractivity contribution in [1.82, 2.24) is 0 Å². The first kappa shape index (κ1) is 14.3. The highest BCUT2D eigenvalue weighted by Gasteiger charge is 2.31. The number of nitro groups is 1. The van der Waals surface area contributed by atoms with Crippen molar-refractivity contribution >= 4 is 17.3 Å². The normalized spacial score (nSPS) is 14.1. The van der Waals surface area contributed by atoms with Gasteiger partial charge in [-0.15, -0.1) is 0 Å². The second-order valence-corrected chi connectivity index (χ2v) is 5.13. The van der Waals surface area contributed by atoms with Crippen molar-refractivity contribution in [3.8, 4) is 0 Å². The van der Waals surface area contributed by atoms with Crippen LogP contribution < -0.4 is 4.90 Å². The van der Waals surface area contributed by atoms with Gasteiger partial charge in [0.2, 0.25) is 0 Å². The first-order valence-electron chi connectivity index (χ1n) is 6.74. The topological polar surface area (TPSA) is 83.7 Å². The summed E-state index contributed by atoms with van der Waals surface area (Å²) in [7, 11) is 0. The second-order valence-electron chi connectivity index (χ2n) is 5.13. The molecule has 0 spiro atoms. The van der Waals surface area contributed by atoms with Crippen molar-refractivity contribution in [3.63, 3.8) is 0 Å². The lowest BCUT2D eigenvalue weighted by Crippen LogP contribution is -2.27. The molecular formula is C14H18N2O4. The van der Waals surface area contributed by atoms with Gasteiger partial charge in [-0.3, -0.25) is 10.1 Å². The number of rotatable bonds is 6. The Kier molecular flexibility index (Phi) is 3.92. The van der Waals surface area contributed by atoms with E-state index in [9.17, 15) is 14.9 Å². The van der Waals surface area contributed by atoms with Crippen LogP contribution in [-0.2, 0) is 0 Å². The second kappa shape index (κ2) is 5.48. The zero-order valence-corrected chi connectivity index (χ0v) is 11.6. The van der Waals surface area contributed by atoms with Crippen LogP contribution in [0.5, 0.6) is 0 Å². The van der Waals surface area contributed by atoms with E-state index in [2.05, 4.69) is 4.90 Å². The summed E-state index contributed by atoms with van der Waals surface area (Å²) >= 11 is 0. The van der Waals surface area contributed by atoms with Crippen LogP contribution in [0.15, 0.2) is 12.1 Å². The zero-order valence-electron chi connectivity index (χ0n) is 11.6. The molecule has 0 radical (unpaired) electrons. The third-order valence-electron chi connectivity index (χ3n) is 3.56. The number of hydrogen-bond acceptors (Lipinski definition) is 4. The van der Waals surface area contributed by atoms with E-state index >= 15 is 0 Å². The number of nitrogens with zero attached hydrogens (tertiary/aromatic N) is 2. The zero-order chi connectivity index (χ0) is 14.9. The molecule has 1 saturated carbocycles. The third kappa shape index (κ3) is 2.74. The lowest BCUT2D eigenvalue weighted by atomic mass is 10.1.